The first-order valence-electron chi connectivity index (χ1n) is 7.93. The minimum atomic E-state index is -0.106. The van der Waals surface area contributed by atoms with Crippen molar-refractivity contribution in [2.75, 3.05) is 0 Å². The summed E-state index contributed by atoms with van der Waals surface area (Å²) in [6, 6.07) is 15.7. The molecule has 3 aromatic rings. The van der Waals surface area contributed by atoms with Gasteiger partial charge in [-0.05, 0) is 73.2 Å². The van der Waals surface area contributed by atoms with Crippen LogP contribution in [0.15, 0.2) is 60.9 Å². The number of aromatic nitrogens is 2. The van der Waals surface area contributed by atoms with Gasteiger partial charge in [-0.3, -0.25) is 0 Å². The first kappa shape index (κ1) is 21.2. The van der Waals surface area contributed by atoms with Crippen LogP contribution in [-0.4, -0.2) is 9.97 Å². The monoisotopic (exact) mass is 484 g/mol. The van der Waals surface area contributed by atoms with Crippen LogP contribution in [0.2, 0.25) is 0 Å². The third-order valence-corrected chi connectivity index (χ3v) is 3.41. The summed E-state index contributed by atoms with van der Waals surface area (Å²) >= 11 is -0.106. The summed E-state index contributed by atoms with van der Waals surface area (Å²) in [6.45, 7) is 4.06. The molecule has 5 heteroatoms. The van der Waals surface area contributed by atoms with Crippen LogP contribution in [0.5, 0.6) is 0 Å². The van der Waals surface area contributed by atoms with E-state index in [1.807, 2.05) is 62.4 Å². The first-order valence-corrected chi connectivity index (χ1v) is 11.9. The van der Waals surface area contributed by atoms with Crippen molar-refractivity contribution in [3.05, 3.63) is 94.6 Å². The third kappa shape index (κ3) is 7.56. The van der Waals surface area contributed by atoms with Crippen LogP contribution >= 0.6 is 19.1 Å². The predicted molar refractivity (Wildman–Crippen MR) is 108 cm³/mol. The first-order chi connectivity index (χ1) is 13.1. The molecule has 1 aromatic carbocycles. The van der Waals surface area contributed by atoms with Crippen molar-refractivity contribution in [1.29, 1.82) is 0 Å². The Morgan fingerprint density at radius 3 is 1.48 bits per heavy atom. The maximum atomic E-state index is 4.81. The molecule has 0 amide bonds. The molecule has 0 fully saturated rings. The Bertz CT molecular complexity index is 945. The van der Waals surface area contributed by atoms with Crippen LogP contribution in [0.3, 0.4) is 0 Å². The van der Waals surface area contributed by atoms with Gasteiger partial charge < -0.3 is 0 Å². The summed E-state index contributed by atoms with van der Waals surface area (Å²) in [6.07, 6.45) is 3.54. The van der Waals surface area contributed by atoms with Gasteiger partial charge in [0.1, 0.15) is 11.4 Å². The molecule has 0 saturated carbocycles. The Balaban J connectivity index is 0.000000817. The van der Waals surface area contributed by atoms with E-state index in [9.17, 15) is 0 Å². The van der Waals surface area contributed by atoms with E-state index >= 15 is 0 Å². The summed E-state index contributed by atoms with van der Waals surface area (Å²) in [5.41, 5.74) is 5.60. The fraction of sp³-hybridized carbons (Fsp3) is 0.0909. The van der Waals surface area contributed by atoms with Crippen molar-refractivity contribution in [3.63, 3.8) is 0 Å². The second-order valence-electron chi connectivity index (χ2n) is 5.53. The minimum absolute atomic E-state index is 0.106. The van der Waals surface area contributed by atoms with Crippen molar-refractivity contribution >= 4 is 19.1 Å². The van der Waals surface area contributed by atoms with E-state index in [1.54, 1.807) is 12.4 Å². The Morgan fingerprint density at radius 2 is 1.11 bits per heavy atom. The van der Waals surface area contributed by atoms with Crippen LogP contribution in [-0.2, 0) is 15.9 Å². The van der Waals surface area contributed by atoms with E-state index in [2.05, 4.69) is 33.6 Å². The van der Waals surface area contributed by atoms with Gasteiger partial charge in [-0.1, -0.05) is 24.0 Å². The van der Waals surface area contributed by atoms with Crippen LogP contribution in [0.1, 0.15) is 33.6 Å². The molecule has 0 unspecified atom stereocenters. The zero-order valence-corrected chi connectivity index (χ0v) is 17.8. The molecule has 0 spiro atoms. The quantitative estimate of drug-likeness (QED) is 0.320. The van der Waals surface area contributed by atoms with Crippen molar-refractivity contribution < 1.29 is 15.9 Å². The number of hydrogen-bond acceptors (Lipinski definition) is 2. The average Bonchev–Trinajstić information content (AvgIpc) is 2.66. The molecule has 2 nitrogen and oxygen atoms in total. The summed E-state index contributed by atoms with van der Waals surface area (Å²) in [4.78, 5) is 8.54. The standard InChI is InChI=1S/C22H16N2.2ClH.Pd/c1-17-11-13-23-21(15-17)9-7-19-5-3-4-6-20(19)8-10-22-16-18(2)12-14-24-22;;;/h3-6,11-16H,1-2H3;2*1H;/q;;;+2/p-2. The van der Waals surface area contributed by atoms with Gasteiger partial charge in [0.2, 0.25) is 0 Å². The Kier molecular flexibility index (Phi) is 9.07. The Hall–Kier alpha value is -2.12. The van der Waals surface area contributed by atoms with Crippen LogP contribution in [0, 0.1) is 37.5 Å². The molecule has 0 aliphatic carbocycles. The average molecular weight is 486 g/mol. The molecule has 2 heterocycles. The fourth-order valence-corrected chi connectivity index (χ4v) is 2.17. The van der Waals surface area contributed by atoms with E-state index in [0.717, 1.165) is 33.6 Å². The number of hydrogen-bond donors (Lipinski definition) is 0. The topological polar surface area (TPSA) is 25.8 Å². The van der Waals surface area contributed by atoms with E-state index in [0.29, 0.717) is 0 Å². The van der Waals surface area contributed by atoms with Gasteiger partial charge in [0.25, 0.3) is 0 Å². The molecule has 3 rings (SSSR count). The molecular formula is C22H16Cl2N2Pd. The molecule has 2 aromatic heterocycles. The van der Waals surface area contributed by atoms with Gasteiger partial charge in [-0.25, -0.2) is 9.97 Å². The SMILES string of the molecule is Cc1ccnc(C#Cc2ccccc2C#Cc2cc(C)ccn2)c1.[Cl][Pd][Cl]. The van der Waals surface area contributed by atoms with Crippen LogP contribution in [0.4, 0.5) is 0 Å². The van der Waals surface area contributed by atoms with Crippen molar-refractivity contribution in [2.45, 2.75) is 13.8 Å². The molecule has 0 bridgehead atoms. The van der Waals surface area contributed by atoms with Gasteiger partial charge in [-0.2, -0.15) is 0 Å². The number of nitrogens with zero attached hydrogens (tertiary/aromatic N) is 2. The molecular weight excluding hydrogens is 470 g/mol. The molecule has 0 aliphatic heterocycles. The van der Waals surface area contributed by atoms with E-state index in [4.69, 9.17) is 19.1 Å². The summed E-state index contributed by atoms with van der Waals surface area (Å²) < 4.78 is 0. The second kappa shape index (κ2) is 11.6. The number of benzene rings is 1. The van der Waals surface area contributed by atoms with E-state index < -0.39 is 0 Å². The van der Waals surface area contributed by atoms with Crippen LogP contribution < -0.4 is 0 Å². The van der Waals surface area contributed by atoms with Gasteiger partial charge in [-0.15, -0.1) is 0 Å². The predicted octanol–water partition coefficient (Wildman–Crippen LogP) is 5.27. The maximum absolute atomic E-state index is 4.81. The number of halogens is 2. The van der Waals surface area contributed by atoms with Crippen molar-refractivity contribution in [2.24, 2.45) is 0 Å². The molecule has 138 valence electrons. The van der Waals surface area contributed by atoms with Crippen molar-refractivity contribution in [3.8, 4) is 23.7 Å². The normalized spacial score (nSPS) is 9.19. The Labute approximate surface area is 176 Å². The van der Waals surface area contributed by atoms with Crippen LogP contribution in [0.25, 0.3) is 0 Å². The third-order valence-electron chi connectivity index (χ3n) is 3.41. The second-order valence-corrected chi connectivity index (χ2v) is 7.89. The van der Waals surface area contributed by atoms with E-state index in [1.165, 1.54) is 0 Å². The van der Waals surface area contributed by atoms with Gasteiger partial charge in [0.05, 0.1) is 0 Å². The zero-order chi connectivity index (χ0) is 19.5. The molecule has 0 aliphatic rings. The molecule has 0 radical (unpaired) electrons. The van der Waals surface area contributed by atoms with E-state index in [-0.39, 0.29) is 15.9 Å². The fourth-order valence-electron chi connectivity index (χ4n) is 2.17. The van der Waals surface area contributed by atoms with Gasteiger partial charge >= 0.3 is 35.0 Å². The van der Waals surface area contributed by atoms with Crippen molar-refractivity contribution in [1.82, 2.24) is 9.97 Å². The molecule has 0 atom stereocenters. The molecule has 0 N–H and O–H groups in total. The molecule has 27 heavy (non-hydrogen) atoms. The number of aryl methyl sites for hydroxylation is 2. The number of pyridine rings is 2. The van der Waals surface area contributed by atoms with Gasteiger partial charge in [0, 0.05) is 23.5 Å². The number of rotatable bonds is 0. The molecule has 0 saturated heterocycles. The summed E-state index contributed by atoms with van der Waals surface area (Å²) in [7, 11) is 9.63. The summed E-state index contributed by atoms with van der Waals surface area (Å²) in [5.74, 6) is 12.5. The van der Waals surface area contributed by atoms with Gasteiger partial charge in [0.15, 0.2) is 0 Å². The Morgan fingerprint density at radius 1 is 0.704 bits per heavy atom. The zero-order valence-electron chi connectivity index (χ0n) is 14.7. The summed E-state index contributed by atoms with van der Waals surface area (Å²) in [5, 5.41) is 0.